The summed E-state index contributed by atoms with van der Waals surface area (Å²) < 4.78 is 5.01. The summed E-state index contributed by atoms with van der Waals surface area (Å²) in [6.07, 6.45) is 0. The molecule has 0 aliphatic rings. The molecule has 2 N–H and O–H groups in total. The number of benzene rings is 1. The van der Waals surface area contributed by atoms with E-state index in [9.17, 15) is 9.59 Å². The number of carbonyl (C=O) groups excluding carboxylic acids is 1. The summed E-state index contributed by atoms with van der Waals surface area (Å²) in [6, 6.07) is 6.82. The first-order valence-electron chi connectivity index (χ1n) is 7.57. The third kappa shape index (κ3) is 4.29. The topological polar surface area (TPSA) is 87.3 Å². The van der Waals surface area contributed by atoms with Crippen molar-refractivity contribution in [3.05, 3.63) is 40.4 Å². The second kappa shape index (κ2) is 7.73. The lowest BCUT2D eigenvalue weighted by molar-refractivity contribution is 0.158. The van der Waals surface area contributed by atoms with Crippen LogP contribution in [-0.2, 0) is 11.3 Å². The van der Waals surface area contributed by atoms with Crippen molar-refractivity contribution in [2.75, 3.05) is 20.3 Å². The van der Waals surface area contributed by atoms with Gasteiger partial charge < -0.3 is 19.9 Å². The van der Waals surface area contributed by atoms with Crippen LogP contribution in [0.3, 0.4) is 0 Å². The summed E-state index contributed by atoms with van der Waals surface area (Å²) >= 11 is 0. The van der Waals surface area contributed by atoms with Gasteiger partial charge in [-0.25, -0.2) is 9.78 Å². The van der Waals surface area contributed by atoms with Gasteiger partial charge >= 0.3 is 6.03 Å². The van der Waals surface area contributed by atoms with Gasteiger partial charge in [-0.15, -0.1) is 0 Å². The number of fused-ring (bicyclic) bond motifs is 1. The number of H-pyrrole nitrogens is 1. The van der Waals surface area contributed by atoms with Gasteiger partial charge in [0.25, 0.3) is 5.56 Å². The van der Waals surface area contributed by atoms with Crippen LogP contribution in [-0.4, -0.2) is 47.2 Å². The Kier molecular flexibility index (Phi) is 5.70. The average molecular weight is 318 g/mol. The molecule has 0 radical (unpaired) electrons. The molecule has 7 nitrogen and oxygen atoms in total. The number of para-hydroxylation sites is 1. The largest absolute Gasteiger partial charge is 0.383 e. The Balaban J connectivity index is 2.15. The fraction of sp³-hybridized carbons (Fsp3) is 0.438. The van der Waals surface area contributed by atoms with Crippen LogP contribution in [0, 0.1) is 0 Å². The number of amides is 2. The molecule has 1 aromatic carbocycles. The lowest BCUT2D eigenvalue weighted by Gasteiger charge is -2.23. The highest BCUT2D eigenvalue weighted by Gasteiger charge is 2.16. The molecular weight excluding hydrogens is 296 g/mol. The van der Waals surface area contributed by atoms with Gasteiger partial charge in [-0.05, 0) is 26.0 Å². The van der Waals surface area contributed by atoms with Gasteiger partial charge in [0, 0.05) is 13.7 Å². The quantitative estimate of drug-likeness (QED) is 0.845. The van der Waals surface area contributed by atoms with Gasteiger partial charge in [0.15, 0.2) is 0 Å². The van der Waals surface area contributed by atoms with Gasteiger partial charge in [-0.3, -0.25) is 4.79 Å². The summed E-state index contributed by atoms with van der Waals surface area (Å²) in [5, 5.41) is 3.39. The maximum atomic E-state index is 12.3. The second-order valence-electron chi connectivity index (χ2n) is 5.35. The van der Waals surface area contributed by atoms with E-state index in [0.29, 0.717) is 29.9 Å². The van der Waals surface area contributed by atoms with Crippen molar-refractivity contribution < 1.29 is 9.53 Å². The number of methoxy groups -OCH3 is 1. The minimum absolute atomic E-state index is 0.0924. The number of nitrogens with one attached hydrogen (secondary N) is 2. The van der Waals surface area contributed by atoms with E-state index >= 15 is 0 Å². The standard InChI is InChI=1S/C16H22N4O3/c1-4-20(16(22)17-11(2)10-23-3)9-14-18-13-8-6-5-7-12(13)15(21)19-14/h5-8,11H,4,9-10H2,1-3H3,(H,17,22)(H,18,19,21)/t11-/m1/s1. The normalized spacial score (nSPS) is 12.1. The van der Waals surface area contributed by atoms with E-state index < -0.39 is 0 Å². The molecule has 7 heteroatoms. The molecule has 1 atom stereocenters. The molecule has 0 fully saturated rings. The molecule has 1 heterocycles. The summed E-state index contributed by atoms with van der Waals surface area (Å²) in [7, 11) is 1.59. The maximum absolute atomic E-state index is 12.3. The molecule has 0 spiro atoms. The number of rotatable bonds is 6. The first kappa shape index (κ1) is 17.0. The fourth-order valence-corrected chi connectivity index (χ4v) is 2.31. The Morgan fingerprint density at radius 1 is 1.43 bits per heavy atom. The van der Waals surface area contributed by atoms with Crippen LogP contribution in [0.5, 0.6) is 0 Å². The van der Waals surface area contributed by atoms with E-state index in [-0.39, 0.29) is 24.2 Å². The Morgan fingerprint density at radius 3 is 2.87 bits per heavy atom. The summed E-state index contributed by atoms with van der Waals surface area (Å²) in [5.74, 6) is 0.463. The van der Waals surface area contributed by atoms with Crippen molar-refractivity contribution in [2.24, 2.45) is 0 Å². The highest BCUT2D eigenvalue weighted by atomic mass is 16.5. The van der Waals surface area contributed by atoms with Gasteiger partial charge in [0.1, 0.15) is 5.82 Å². The number of aromatic amines is 1. The fourth-order valence-electron chi connectivity index (χ4n) is 2.31. The minimum atomic E-state index is -0.215. The molecule has 2 rings (SSSR count). The molecule has 124 valence electrons. The van der Waals surface area contributed by atoms with Crippen LogP contribution in [0.4, 0.5) is 4.79 Å². The van der Waals surface area contributed by atoms with E-state index in [1.54, 1.807) is 30.2 Å². The zero-order valence-electron chi connectivity index (χ0n) is 13.6. The Morgan fingerprint density at radius 2 is 2.17 bits per heavy atom. The maximum Gasteiger partial charge on any atom is 0.318 e. The van der Waals surface area contributed by atoms with Crippen LogP contribution in [0.15, 0.2) is 29.1 Å². The van der Waals surface area contributed by atoms with E-state index in [1.165, 1.54) is 0 Å². The highest BCUT2D eigenvalue weighted by Crippen LogP contribution is 2.07. The lowest BCUT2D eigenvalue weighted by Crippen LogP contribution is -2.45. The molecule has 2 amide bonds. The van der Waals surface area contributed by atoms with Gasteiger partial charge in [-0.1, -0.05) is 12.1 Å². The SMILES string of the molecule is CCN(Cc1nc2ccccc2c(=O)[nH]1)C(=O)N[C@H](C)COC. The lowest BCUT2D eigenvalue weighted by atomic mass is 10.2. The van der Waals surface area contributed by atoms with Crippen molar-refractivity contribution in [2.45, 2.75) is 26.4 Å². The van der Waals surface area contributed by atoms with Crippen LogP contribution < -0.4 is 10.9 Å². The molecule has 0 unspecified atom stereocenters. The van der Waals surface area contributed by atoms with Crippen LogP contribution in [0.25, 0.3) is 10.9 Å². The highest BCUT2D eigenvalue weighted by molar-refractivity contribution is 5.77. The molecule has 0 saturated heterocycles. The Labute approximate surface area is 134 Å². The Hall–Kier alpha value is -2.41. The predicted octanol–water partition coefficient (Wildman–Crippen LogP) is 1.49. The van der Waals surface area contributed by atoms with Crippen molar-refractivity contribution in [1.29, 1.82) is 0 Å². The van der Waals surface area contributed by atoms with E-state index in [0.717, 1.165) is 0 Å². The van der Waals surface area contributed by atoms with Crippen molar-refractivity contribution in [1.82, 2.24) is 20.2 Å². The average Bonchev–Trinajstić information content (AvgIpc) is 2.52. The third-order valence-electron chi connectivity index (χ3n) is 3.46. The van der Waals surface area contributed by atoms with Crippen molar-refractivity contribution in [3.63, 3.8) is 0 Å². The van der Waals surface area contributed by atoms with E-state index in [4.69, 9.17) is 4.74 Å². The van der Waals surface area contributed by atoms with Gasteiger partial charge in [0.2, 0.25) is 0 Å². The minimum Gasteiger partial charge on any atom is -0.383 e. The van der Waals surface area contributed by atoms with Crippen LogP contribution >= 0.6 is 0 Å². The molecule has 0 saturated carbocycles. The van der Waals surface area contributed by atoms with Crippen LogP contribution in [0.2, 0.25) is 0 Å². The molecule has 0 aliphatic heterocycles. The zero-order chi connectivity index (χ0) is 16.8. The smallest absolute Gasteiger partial charge is 0.318 e. The first-order valence-corrected chi connectivity index (χ1v) is 7.57. The number of hydrogen-bond donors (Lipinski definition) is 2. The molecule has 23 heavy (non-hydrogen) atoms. The first-order chi connectivity index (χ1) is 11.0. The third-order valence-corrected chi connectivity index (χ3v) is 3.46. The molecule has 0 bridgehead atoms. The number of ether oxygens (including phenoxy) is 1. The molecular formula is C16H22N4O3. The number of aromatic nitrogens is 2. The van der Waals surface area contributed by atoms with Crippen molar-refractivity contribution in [3.8, 4) is 0 Å². The van der Waals surface area contributed by atoms with Crippen molar-refractivity contribution >= 4 is 16.9 Å². The number of urea groups is 1. The van der Waals surface area contributed by atoms with Gasteiger partial charge in [-0.2, -0.15) is 0 Å². The monoisotopic (exact) mass is 318 g/mol. The summed E-state index contributed by atoms with van der Waals surface area (Å²) in [4.78, 5) is 33.1. The second-order valence-corrected chi connectivity index (χ2v) is 5.35. The molecule has 0 aliphatic carbocycles. The number of carbonyl (C=O) groups is 1. The van der Waals surface area contributed by atoms with Crippen LogP contribution in [0.1, 0.15) is 19.7 Å². The zero-order valence-corrected chi connectivity index (χ0v) is 13.6. The summed E-state index contributed by atoms with van der Waals surface area (Å²) in [6.45, 7) is 4.92. The van der Waals surface area contributed by atoms with E-state index in [2.05, 4.69) is 15.3 Å². The van der Waals surface area contributed by atoms with Gasteiger partial charge in [0.05, 0.1) is 30.1 Å². The Bertz CT molecular complexity index is 729. The number of hydrogen-bond acceptors (Lipinski definition) is 4. The molecule has 1 aromatic heterocycles. The number of nitrogens with zero attached hydrogens (tertiary/aromatic N) is 2. The predicted molar refractivity (Wildman–Crippen MR) is 88.3 cm³/mol. The van der Waals surface area contributed by atoms with E-state index in [1.807, 2.05) is 19.9 Å². The molecule has 2 aromatic rings. The summed E-state index contributed by atoms with van der Waals surface area (Å²) in [5.41, 5.74) is 0.422.